The number of hydrogen-bond donors (Lipinski definition) is 2. The van der Waals surface area contributed by atoms with E-state index in [2.05, 4.69) is 17.2 Å². The van der Waals surface area contributed by atoms with Gasteiger partial charge in [-0.15, -0.1) is 0 Å². The summed E-state index contributed by atoms with van der Waals surface area (Å²) in [6.45, 7) is 8.52. The van der Waals surface area contributed by atoms with E-state index >= 15 is 0 Å². The Kier molecular flexibility index (Phi) is 4.44. The molecule has 0 saturated carbocycles. The third-order valence-electron chi connectivity index (χ3n) is 3.14. The van der Waals surface area contributed by atoms with Crippen LogP contribution < -0.4 is 5.32 Å². The molecule has 90 valence electrons. The topological polar surface area (TPSA) is 45.1 Å². The summed E-state index contributed by atoms with van der Waals surface area (Å²) in [5.41, 5.74) is 0.324. The van der Waals surface area contributed by atoms with Gasteiger partial charge in [0.05, 0.1) is 11.3 Å². The maximum Gasteiger partial charge on any atom is 0.0766 e. The molecular weight excluding hydrogens is 200 g/mol. The fourth-order valence-electron chi connectivity index (χ4n) is 1.30. The van der Waals surface area contributed by atoms with Crippen molar-refractivity contribution >= 4 is 0 Å². The predicted molar refractivity (Wildman–Crippen MR) is 66.1 cm³/mol. The van der Waals surface area contributed by atoms with E-state index in [-0.39, 0.29) is 12.0 Å². The summed E-state index contributed by atoms with van der Waals surface area (Å²) < 4.78 is 0. The number of nitrogens with zero attached hydrogens (tertiary/aromatic N) is 1. The van der Waals surface area contributed by atoms with Gasteiger partial charge in [0.15, 0.2) is 0 Å². The van der Waals surface area contributed by atoms with Crippen molar-refractivity contribution in [2.24, 2.45) is 5.92 Å². The third-order valence-corrected chi connectivity index (χ3v) is 3.14. The third kappa shape index (κ3) is 3.58. The molecule has 0 amide bonds. The van der Waals surface area contributed by atoms with Crippen LogP contribution in [-0.4, -0.2) is 22.2 Å². The van der Waals surface area contributed by atoms with Crippen LogP contribution in [0.3, 0.4) is 0 Å². The first kappa shape index (κ1) is 13.1. The molecule has 2 N–H and O–H groups in total. The summed E-state index contributed by atoms with van der Waals surface area (Å²) in [6.07, 6.45) is 1.79. The van der Waals surface area contributed by atoms with Crippen molar-refractivity contribution in [1.29, 1.82) is 0 Å². The van der Waals surface area contributed by atoms with Crippen LogP contribution in [0.4, 0.5) is 0 Å². The van der Waals surface area contributed by atoms with E-state index in [4.69, 9.17) is 0 Å². The molecule has 0 radical (unpaired) electrons. The molecule has 0 aliphatic heterocycles. The largest absolute Gasteiger partial charge is 0.389 e. The van der Waals surface area contributed by atoms with Crippen LogP contribution >= 0.6 is 0 Å². The molecule has 0 spiro atoms. The average molecular weight is 222 g/mol. The molecule has 3 heteroatoms. The number of pyridine rings is 1. The Hall–Kier alpha value is -0.930. The van der Waals surface area contributed by atoms with Gasteiger partial charge in [-0.05, 0) is 31.9 Å². The minimum absolute atomic E-state index is 0.159. The molecule has 0 fully saturated rings. The minimum atomic E-state index is -0.678. The molecule has 16 heavy (non-hydrogen) atoms. The van der Waals surface area contributed by atoms with Gasteiger partial charge >= 0.3 is 0 Å². The van der Waals surface area contributed by atoms with E-state index in [0.717, 1.165) is 5.69 Å². The van der Waals surface area contributed by atoms with Crippen molar-refractivity contribution in [3.63, 3.8) is 0 Å². The second-order valence-corrected chi connectivity index (χ2v) is 4.87. The van der Waals surface area contributed by atoms with Crippen LogP contribution in [0.5, 0.6) is 0 Å². The second-order valence-electron chi connectivity index (χ2n) is 4.87. The first-order valence-corrected chi connectivity index (χ1v) is 5.80. The molecule has 0 saturated heterocycles. The predicted octanol–water partition coefficient (Wildman–Crippen LogP) is 2.14. The highest BCUT2D eigenvalue weighted by molar-refractivity contribution is 5.07. The van der Waals surface area contributed by atoms with Gasteiger partial charge in [0.25, 0.3) is 0 Å². The number of aromatic nitrogens is 1. The van der Waals surface area contributed by atoms with E-state index in [9.17, 15) is 5.11 Å². The van der Waals surface area contributed by atoms with Crippen molar-refractivity contribution in [1.82, 2.24) is 10.3 Å². The molecule has 0 aliphatic carbocycles. The van der Waals surface area contributed by atoms with Gasteiger partial charge < -0.3 is 10.4 Å². The molecule has 2 atom stereocenters. The quantitative estimate of drug-likeness (QED) is 0.802. The number of hydrogen-bond acceptors (Lipinski definition) is 3. The molecule has 1 heterocycles. The number of nitrogens with one attached hydrogen (secondary N) is 1. The highest BCUT2D eigenvalue weighted by Gasteiger charge is 2.25. The lowest BCUT2D eigenvalue weighted by Crippen LogP contribution is -2.43. The highest BCUT2D eigenvalue weighted by atomic mass is 16.3. The first-order valence-electron chi connectivity index (χ1n) is 5.80. The maximum absolute atomic E-state index is 10.1. The van der Waals surface area contributed by atoms with Gasteiger partial charge in [-0.1, -0.05) is 19.9 Å². The van der Waals surface area contributed by atoms with Gasteiger partial charge in [-0.25, -0.2) is 0 Å². The van der Waals surface area contributed by atoms with Crippen molar-refractivity contribution in [3.05, 3.63) is 30.1 Å². The average Bonchev–Trinajstić information content (AvgIpc) is 2.27. The van der Waals surface area contributed by atoms with E-state index < -0.39 is 5.60 Å². The monoisotopic (exact) mass is 222 g/mol. The number of aliphatic hydroxyl groups is 1. The minimum Gasteiger partial charge on any atom is -0.389 e. The first-order chi connectivity index (χ1) is 7.43. The zero-order chi connectivity index (χ0) is 12.2. The summed E-state index contributed by atoms with van der Waals surface area (Å²) in [4.78, 5) is 4.28. The van der Waals surface area contributed by atoms with Crippen molar-refractivity contribution in [3.8, 4) is 0 Å². The molecule has 0 aromatic carbocycles. The van der Waals surface area contributed by atoms with Crippen LogP contribution in [0, 0.1) is 5.92 Å². The van der Waals surface area contributed by atoms with Crippen LogP contribution in [0.15, 0.2) is 24.4 Å². The summed E-state index contributed by atoms with van der Waals surface area (Å²) in [6, 6.07) is 6.02. The van der Waals surface area contributed by atoms with Gasteiger partial charge in [0, 0.05) is 18.8 Å². The number of rotatable bonds is 5. The Labute approximate surface area is 97.9 Å². The van der Waals surface area contributed by atoms with Crippen LogP contribution in [-0.2, 0) is 0 Å². The summed E-state index contributed by atoms with van der Waals surface area (Å²) in [5, 5.41) is 13.4. The lowest BCUT2D eigenvalue weighted by molar-refractivity contribution is 0.0121. The fourth-order valence-corrected chi connectivity index (χ4v) is 1.30. The van der Waals surface area contributed by atoms with E-state index in [0.29, 0.717) is 6.54 Å². The molecule has 1 aromatic heterocycles. The van der Waals surface area contributed by atoms with Crippen molar-refractivity contribution in [2.45, 2.75) is 39.3 Å². The van der Waals surface area contributed by atoms with E-state index in [1.54, 1.807) is 6.20 Å². The zero-order valence-corrected chi connectivity index (χ0v) is 10.6. The van der Waals surface area contributed by atoms with Crippen molar-refractivity contribution in [2.75, 3.05) is 6.54 Å². The lowest BCUT2D eigenvalue weighted by atomic mass is 9.92. The highest BCUT2D eigenvalue weighted by Crippen LogP contribution is 2.16. The summed E-state index contributed by atoms with van der Waals surface area (Å²) >= 11 is 0. The summed E-state index contributed by atoms with van der Waals surface area (Å²) in [7, 11) is 0. The van der Waals surface area contributed by atoms with Crippen LogP contribution in [0.1, 0.15) is 39.4 Å². The molecule has 0 aliphatic rings. The Bertz CT molecular complexity index is 309. The second kappa shape index (κ2) is 5.41. The maximum atomic E-state index is 10.1. The summed E-state index contributed by atoms with van der Waals surface area (Å²) in [5.74, 6) is 0.232. The molecular formula is C13H22N2O. The normalized spacial score (nSPS) is 17.1. The van der Waals surface area contributed by atoms with Gasteiger partial charge in [0.1, 0.15) is 0 Å². The smallest absolute Gasteiger partial charge is 0.0766 e. The van der Waals surface area contributed by atoms with Gasteiger partial charge in [-0.3, -0.25) is 4.98 Å². The van der Waals surface area contributed by atoms with Crippen molar-refractivity contribution < 1.29 is 5.11 Å². The SMILES string of the molecule is CC(C)C(C)(O)CN[C@H](C)c1ccccn1. The Morgan fingerprint density at radius 3 is 2.56 bits per heavy atom. The fraction of sp³-hybridized carbons (Fsp3) is 0.615. The molecule has 1 rings (SSSR count). The van der Waals surface area contributed by atoms with Crippen LogP contribution in [0.2, 0.25) is 0 Å². The van der Waals surface area contributed by atoms with E-state index in [1.165, 1.54) is 0 Å². The lowest BCUT2D eigenvalue weighted by Gasteiger charge is -2.29. The van der Waals surface area contributed by atoms with Crippen LogP contribution in [0.25, 0.3) is 0 Å². The van der Waals surface area contributed by atoms with Gasteiger partial charge in [0.2, 0.25) is 0 Å². The Morgan fingerprint density at radius 2 is 2.06 bits per heavy atom. The Balaban J connectivity index is 2.51. The molecule has 0 bridgehead atoms. The standard InChI is InChI=1S/C13H22N2O/c1-10(2)13(4,16)9-15-11(3)12-7-5-6-8-14-12/h5-8,10-11,15-16H,9H2,1-4H3/t11-,13?/m1/s1. The zero-order valence-electron chi connectivity index (χ0n) is 10.6. The molecule has 1 unspecified atom stereocenters. The Morgan fingerprint density at radius 1 is 1.38 bits per heavy atom. The van der Waals surface area contributed by atoms with E-state index in [1.807, 2.05) is 39.0 Å². The molecule has 3 nitrogen and oxygen atoms in total. The molecule has 1 aromatic rings. The van der Waals surface area contributed by atoms with Gasteiger partial charge in [-0.2, -0.15) is 0 Å².